The second-order valence-electron chi connectivity index (χ2n) is 2.97. The molecule has 0 atom stereocenters. The smallest absolute Gasteiger partial charge is 0.122 e. The third kappa shape index (κ3) is 4.05. The number of phenols is 1. The number of hydrogen-bond donors (Lipinski definition) is 1. The van der Waals surface area contributed by atoms with Gasteiger partial charge in [-0.05, 0) is 25.1 Å². The Kier molecular flexibility index (Phi) is 4.72. The van der Waals surface area contributed by atoms with Crippen molar-refractivity contribution in [3.8, 4) is 5.75 Å². The highest BCUT2D eigenvalue weighted by Crippen LogP contribution is 2.22. The summed E-state index contributed by atoms with van der Waals surface area (Å²) in [5.74, 6) is 0.232. The van der Waals surface area contributed by atoms with E-state index < -0.39 is 0 Å². The lowest BCUT2D eigenvalue weighted by Gasteiger charge is -1.98. The normalized spacial score (nSPS) is 12.1. The first-order valence-corrected chi connectivity index (χ1v) is 5.06. The molecule has 0 heterocycles. The van der Waals surface area contributed by atoms with Crippen molar-refractivity contribution in [2.75, 3.05) is 0 Å². The maximum absolute atomic E-state index is 9.49. The average molecular weight is 221 g/mol. The maximum atomic E-state index is 9.49. The Morgan fingerprint density at radius 3 is 2.60 bits per heavy atom. The molecule has 78 valence electrons. The lowest BCUT2D eigenvalue weighted by Crippen LogP contribution is -1.73. The van der Waals surface area contributed by atoms with E-state index in [9.17, 15) is 5.11 Å². The molecule has 0 aliphatic heterocycles. The number of rotatable bonds is 3. The van der Waals surface area contributed by atoms with E-state index in [2.05, 4.69) is 0 Å². The number of phenolic OH excluding ortho intramolecular Hbond substituents is 1. The van der Waals surface area contributed by atoms with Crippen LogP contribution in [0.5, 0.6) is 5.75 Å². The van der Waals surface area contributed by atoms with E-state index in [0.717, 1.165) is 0 Å². The largest absolute Gasteiger partial charge is 0.507 e. The van der Waals surface area contributed by atoms with Gasteiger partial charge in [0.25, 0.3) is 0 Å². The fourth-order valence-corrected chi connectivity index (χ4v) is 1.24. The van der Waals surface area contributed by atoms with Crippen molar-refractivity contribution >= 4 is 17.7 Å². The number of halogens is 1. The minimum absolute atomic E-state index is 0.232. The van der Waals surface area contributed by atoms with Crippen LogP contribution < -0.4 is 0 Å². The molecule has 1 N–H and O–H groups in total. The van der Waals surface area contributed by atoms with Gasteiger partial charge in [-0.2, -0.15) is 0 Å². The van der Waals surface area contributed by atoms with Gasteiger partial charge < -0.3 is 5.11 Å². The van der Waals surface area contributed by atoms with Crippen molar-refractivity contribution in [3.05, 3.63) is 59.2 Å². The molecule has 0 unspecified atom stereocenters. The number of allylic oxidation sites excluding steroid dienone is 5. The van der Waals surface area contributed by atoms with E-state index in [-0.39, 0.29) is 5.75 Å². The van der Waals surface area contributed by atoms with Gasteiger partial charge in [0.1, 0.15) is 5.75 Å². The van der Waals surface area contributed by atoms with Gasteiger partial charge in [0.05, 0.1) is 0 Å². The van der Waals surface area contributed by atoms with E-state index >= 15 is 0 Å². The number of benzene rings is 1. The van der Waals surface area contributed by atoms with Crippen LogP contribution in [0.2, 0.25) is 5.02 Å². The highest BCUT2D eigenvalue weighted by atomic mass is 35.5. The molecule has 1 aromatic carbocycles. The molecule has 0 saturated heterocycles. The summed E-state index contributed by atoms with van der Waals surface area (Å²) in [6.45, 7) is 1.96. The van der Waals surface area contributed by atoms with E-state index in [4.69, 9.17) is 11.6 Å². The van der Waals surface area contributed by atoms with Crippen LogP contribution in [0.3, 0.4) is 0 Å². The Morgan fingerprint density at radius 2 is 1.87 bits per heavy atom. The van der Waals surface area contributed by atoms with Crippen molar-refractivity contribution < 1.29 is 5.11 Å². The fraction of sp³-hybridized carbons (Fsp3) is 0.0769. The lowest BCUT2D eigenvalue weighted by atomic mass is 10.2. The molecular weight excluding hydrogens is 208 g/mol. The first-order chi connectivity index (χ1) is 7.24. The zero-order valence-electron chi connectivity index (χ0n) is 8.52. The van der Waals surface area contributed by atoms with Gasteiger partial charge in [0.15, 0.2) is 0 Å². The van der Waals surface area contributed by atoms with Gasteiger partial charge >= 0.3 is 0 Å². The second-order valence-corrected chi connectivity index (χ2v) is 3.41. The Labute approximate surface area is 95.0 Å². The fourth-order valence-electron chi connectivity index (χ4n) is 1.06. The van der Waals surface area contributed by atoms with Gasteiger partial charge in [-0.1, -0.05) is 48.1 Å². The molecule has 0 fully saturated rings. The summed E-state index contributed by atoms with van der Waals surface area (Å²) >= 11 is 5.81. The molecule has 0 aliphatic rings. The molecule has 0 amide bonds. The Balaban J connectivity index is 2.75. The van der Waals surface area contributed by atoms with Crippen molar-refractivity contribution in [2.45, 2.75) is 6.92 Å². The van der Waals surface area contributed by atoms with E-state index in [1.54, 1.807) is 24.3 Å². The third-order valence-corrected chi connectivity index (χ3v) is 2.03. The monoisotopic (exact) mass is 220 g/mol. The first kappa shape index (κ1) is 11.6. The minimum atomic E-state index is 0.232. The molecule has 0 aliphatic carbocycles. The van der Waals surface area contributed by atoms with Gasteiger partial charge in [0, 0.05) is 10.6 Å². The summed E-state index contributed by atoms with van der Waals surface area (Å²) in [4.78, 5) is 0. The van der Waals surface area contributed by atoms with Gasteiger partial charge in [-0.15, -0.1) is 0 Å². The summed E-state index contributed by atoms with van der Waals surface area (Å²) in [7, 11) is 0. The Hall–Kier alpha value is -1.47. The molecule has 2 heteroatoms. The van der Waals surface area contributed by atoms with Crippen molar-refractivity contribution in [2.24, 2.45) is 0 Å². The van der Waals surface area contributed by atoms with Crippen LogP contribution in [-0.4, -0.2) is 5.11 Å². The molecule has 0 aromatic heterocycles. The minimum Gasteiger partial charge on any atom is -0.507 e. The maximum Gasteiger partial charge on any atom is 0.122 e. The highest BCUT2D eigenvalue weighted by Gasteiger charge is 1.96. The molecule has 1 aromatic rings. The second kappa shape index (κ2) is 6.10. The van der Waals surface area contributed by atoms with Crippen molar-refractivity contribution in [1.29, 1.82) is 0 Å². The Morgan fingerprint density at radius 1 is 1.13 bits per heavy atom. The molecule has 0 saturated carbocycles. The molecule has 15 heavy (non-hydrogen) atoms. The van der Waals surface area contributed by atoms with Gasteiger partial charge in [0.2, 0.25) is 0 Å². The zero-order valence-corrected chi connectivity index (χ0v) is 9.28. The quantitative estimate of drug-likeness (QED) is 0.758. The number of aromatic hydroxyl groups is 1. The standard InChI is InChI=1S/C13H13ClO/c1-2-3-4-5-6-7-11-10-12(14)8-9-13(11)15/h2-10,15H,1H3. The molecule has 1 rings (SSSR count). The van der Waals surface area contributed by atoms with Crippen molar-refractivity contribution in [3.63, 3.8) is 0 Å². The van der Waals surface area contributed by atoms with Gasteiger partial charge in [-0.25, -0.2) is 0 Å². The molecule has 1 nitrogen and oxygen atoms in total. The molecule has 0 spiro atoms. The highest BCUT2D eigenvalue weighted by molar-refractivity contribution is 6.30. The summed E-state index contributed by atoms with van der Waals surface area (Å²) in [5.41, 5.74) is 0.715. The number of hydrogen-bond acceptors (Lipinski definition) is 1. The summed E-state index contributed by atoms with van der Waals surface area (Å²) < 4.78 is 0. The molecule has 0 bridgehead atoms. The third-order valence-electron chi connectivity index (χ3n) is 1.79. The topological polar surface area (TPSA) is 20.2 Å². The summed E-state index contributed by atoms with van der Waals surface area (Å²) in [6, 6.07) is 4.96. The van der Waals surface area contributed by atoms with Crippen LogP contribution in [0.15, 0.2) is 48.6 Å². The van der Waals surface area contributed by atoms with Crippen LogP contribution in [0.25, 0.3) is 6.08 Å². The summed E-state index contributed by atoms with van der Waals surface area (Å²) in [5, 5.41) is 10.1. The van der Waals surface area contributed by atoms with Crippen LogP contribution in [-0.2, 0) is 0 Å². The van der Waals surface area contributed by atoms with Gasteiger partial charge in [-0.3, -0.25) is 0 Å². The molecule has 0 radical (unpaired) electrons. The first-order valence-electron chi connectivity index (χ1n) is 4.68. The zero-order chi connectivity index (χ0) is 11.1. The Bertz CT molecular complexity index is 403. The predicted molar refractivity (Wildman–Crippen MR) is 66.1 cm³/mol. The lowest BCUT2D eigenvalue weighted by molar-refractivity contribution is 0.474. The molecular formula is C13H13ClO. The predicted octanol–water partition coefficient (Wildman–Crippen LogP) is 4.19. The average Bonchev–Trinajstić information content (AvgIpc) is 2.23. The van der Waals surface area contributed by atoms with Crippen molar-refractivity contribution in [1.82, 2.24) is 0 Å². The van der Waals surface area contributed by atoms with E-state index in [1.165, 1.54) is 0 Å². The van der Waals surface area contributed by atoms with E-state index in [0.29, 0.717) is 10.6 Å². The van der Waals surface area contributed by atoms with Crippen LogP contribution in [0.1, 0.15) is 12.5 Å². The van der Waals surface area contributed by atoms with E-state index in [1.807, 2.05) is 37.3 Å². The van der Waals surface area contributed by atoms with Crippen LogP contribution in [0.4, 0.5) is 0 Å². The van der Waals surface area contributed by atoms with Crippen LogP contribution in [0, 0.1) is 0 Å². The summed E-state index contributed by atoms with van der Waals surface area (Å²) in [6.07, 6.45) is 11.3. The van der Waals surface area contributed by atoms with Crippen LogP contribution >= 0.6 is 11.6 Å². The SMILES string of the molecule is CC=CC=CC=Cc1cc(Cl)ccc1O.